The Morgan fingerprint density at radius 2 is 1.20 bits per heavy atom. The first-order chi connectivity index (χ1) is 25.7. The van der Waals surface area contributed by atoms with E-state index in [0.717, 1.165) is 16.7 Å². The van der Waals surface area contributed by atoms with Gasteiger partial charge in [0.15, 0.2) is 17.7 Å². The minimum atomic E-state index is -5.09. The molecule has 9 nitrogen and oxygen atoms in total. The van der Waals surface area contributed by atoms with Crippen LogP contribution in [0.25, 0.3) is 11.1 Å². The molecule has 0 aliphatic rings. The van der Waals surface area contributed by atoms with E-state index >= 15 is 0 Å². The van der Waals surface area contributed by atoms with Crippen LogP contribution in [0.1, 0.15) is 54.1 Å². The van der Waals surface area contributed by atoms with Crippen LogP contribution in [0.2, 0.25) is 0 Å². The number of hydrogen-bond acceptors (Lipinski definition) is 6. The van der Waals surface area contributed by atoms with Gasteiger partial charge in [0.2, 0.25) is 17.7 Å². The summed E-state index contributed by atoms with van der Waals surface area (Å²) in [5.41, 5.74) is 8.90. The first-order valence-corrected chi connectivity index (χ1v) is 17.6. The van der Waals surface area contributed by atoms with Gasteiger partial charge in [-0.15, -0.1) is 0 Å². The van der Waals surface area contributed by atoms with Crippen molar-refractivity contribution in [3.05, 3.63) is 132 Å². The molecule has 0 radical (unpaired) electrons. The fraction of sp³-hybridized carbons (Fsp3) is 0.310. The Morgan fingerprint density at radius 3 is 1.74 bits per heavy atom. The summed E-state index contributed by atoms with van der Waals surface area (Å²) in [5.74, 6) is -5.33. The number of carbonyl (C=O) groups is 5. The number of aliphatic hydroxyl groups is 1. The Balaban J connectivity index is 1.52. The maximum atomic E-state index is 14.1. The molecule has 2 unspecified atom stereocenters. The molecule has 5 N–H and O–H groups in total. The number of aliphatic hydroxyl groups excluding tert-OH is 1. The van der Waals surface area contributed by atoms with Crippen LogP contribution >= 0.6 is 0 Å². The molecule has 0 saturated heterocycles. The van der Waals surface area contributed by atoms with Gasteiger partial charge in [-0.3, -0.25) is 24.0 Å². The molecule has 0 spiro atoms. The minimum Gasteiger partial charge on any atom is -0.382 e. The molecule has 12 heteroatoms. The van der Waals surface area contributed by atoms with Gasteiger partial charge >= 0.3 is 6.18 Å². The average Bonchev–Trinajstić information content (AvgIpc) is 3.16. The predicted molar refractivity (Wildman–Crippen MR) is 198 cm³/mol. The van der Waals surface area contributed by atoms with Crippen LogP contribution in [0.4, 0.5) is 13.2 Å². The van der Waals surface area contributed by atoms with E-state index in [4.69, 9.17) is 5.73 Å². The molecule has 0 heterocycles. The van der Waals surface area contributed by atoms with Crippen molar-refractivity contribution < 1.29 is 42.3 Å². The third-order valence-electron chi connectivity index (χ3n) is 9.13. The highest BCUT2D eigenvalue weighted by molar-refractivity contribution is 6.00. The molecule has 4 rings (SSSR count). The summed E-state index contributed by atoms with van der Waals surface area (Å²) in [4.78, 5) is 65.8. The van der Waals surface area contributed by atoms with E-state index in [2.05, 4.69) is 10.6 Å². The average molecular weight is 744 g/mol. The van der Waals surface area contributed by atoms with Crippen molar-refractivity contribution in [3.8, 4) is 11.1 Å². The maximum Gasteiger partial charge on any atom is 0.416 e. The van der Waals surface area contributed by atoms with Crippen LogP contribution in [-0.2, 0) is 32.0 Å². The summed E-state index contributed by atoms with van der Waals surface area (Å²) < 4.78 is 40.0. The van der Waals surface area contributed by atoms with Gasteiger partial charge in [-0.1, -0.05) is 122 Å². The Kier molecular flexibility index (Phi) is 14.8. The molecule has 0 aliphatic carbocycles. The quantitative estimate of drug-likeness (QED) is 0.0893. The van der Waals surface area contributed by atoms with E-state index in [0.29, 0.717) is 11.1 Å². The number of halogens is 3. The highest BCUT2D eigenvalue weighted by atomic mass is 19.4. The Hall–Kier alpha value is -5.62. The molecule has 5 atom stereocenters. The lowest BCUT2D eigenvalue weighted by Gasteiger charge is -2.27. The maximum absolute atomic E-state index is 14.1. The number of primary amides is 1. The second-order valence-electron chi connectivity index (χ2n) is 13.4. The van der Waals surface area contributed by atoms with E-state index < -0.39 is 79.0 Å². The summed E-state index contributed by atoms with van der Waals surface area (Å²) in [6.07, 6.45) is -9.56. The SMILES string of the molecule is C[C@H](CC(=O)[C@H](Cc1ccccc1)NC(=O)[C@@H](CC(=O)c1ccc(-c2ccccc2)cc1)Cc1ccccc1)C(=O)NC(CCC(N)=O)C(O)C(F)(F)F. The molecular formula is C42H44F3N3O6. The predicted octanol–water partition coefficient (Wildman–Crippen LogP) is 5.78. The first-order valence-electron chi connectivity index (χ1n) is 17.6. The molecule has 0 aromatic heterocycles. The lowest BCUT2D eigenvalue weighted by molar-refractivity contribution is -0.213. The first kappa shape index (κ1) is 41.1. The van der Waals surface area contributed by atoms with Gasteiger partial charge in [-0.2, -0.15) is 13.2 Å². The number of ketones is 2. The van der Waals surface area contributed by atoms with Crippen molar-refractivity contribution in [1.29, 1.82) is 0 Å². The van der Waals surface area contributed by atoms with Crippen molar-refractivity contribution in [2.45, 2.75) is 69.8 Å². The summed E-state index contributed by atoms with van der Waals surface area (Å²) in [6.45, 7) is 1.33. The van der Waals surface area contributed by atoms with Crippen molar-refractivity contribution in [2.24, 2.45) is 17.6 Å². The van der Waals surface area contributed by atoms with Gasteiger partial charge in [0, 0.05) is 36.7 Å². The fourth-order valence-electron chi connectivity index (χ4n) is 6.06. The number of nitrogens with one attached hydrogen (secondary N) is 2. The molecule has 284 valence electrons. The van der Waals surface area contributed by atoms with Crippen molar-refractivity contribution in [3.63, 3.8) is 0 Å². The van der Waals surface area contributed by atoms with Gasteiger partial charge in [-0.05, 0) is 41.5 Å². The topological polar surface area (TPSA) is 156 Å². The summed E-state index contributed by atoms with van der Waals surface area (Å²) in [6, 6.07) is 31.7. The van der Waals surface area contributed by atoms with Crippen LogP contribution < -0.4 is 16.4 Å². The Morgan fingerprint density at radius 1 is 0.685 bits per heavy atom. The molecule has 0 bridgehead atoms. The molecule has 0 aliphatic heterocycles. The summed E-state index contributed by atoms with van der Waals surface area (Å²) in [7, 11) is 0. The van der Waals surface area contributed by atoms with E-state index in [1.807, 2.05) is 72.8 Å². The largest absolute Gasteiger partial charge is 0.416 e. The Labute approximate surface area is 312 Å². The number of rotatable bonds is 19. The second-order valence-corrected chi connectivity index (χ2v) is 13.4. The Bertz CT molecular complexity index is 1860. The number of amides is 3. The third-order valence-corrected chi connectivity index (χ3v) is 9.13. The molecule has 0 fully saturated rings. The molecule has 54 heavy (non-hydrogen) atoms. The fourth-order valence-corrected chi connectivity index (χ4v) is 6.06. The summed E-state index contributed by atoms with van der Waals surface area (Å²) in [5, 5.41) is 14.8. The number of benzene rings is 4. The highest BCUT2D eigenvalue weighted by Gasteiger charge is 2.44. The van der Waals surface area contributed by atoms with Gasteiger partial charge in [-0.25, -0.2) is 0 Å². The van der Waals surface area contributed by atoms with Gasteiger partial charge in [0.25, 0.3) is 0 Å². The molecule has 3 amide bonds. The van der Waals surface area contributed by atoms with E-state index in [-0.39, 0.29) is 25.0 Å². The number of hydrogen-bond donors (Lipinski definition) is 4. The minimum absolute atomic E-state index is 0.0424. The van der Waals surface area contributed by atoms with Crippen molar-refractivity contribution >= 4 is 29.3 Å². The zero-order valence-electron chi connectivity index (χ0n) is 29.8. The smallest absolute Gasteiger partial charge is 0.382 e. The lowest BCUT2D eigenvalue weighted by atomic mass is 9.89. The van der Waals surface area contributed by atoms with Gasteiger partial charge in [0.05, 0.1) is 12.1 Å². The van der Waals surface area contributed by atoms with Crippen LogP contribution in [0.15, 0.2) is 115 Å². The van der Waals surface area contributed by atoms with Gasteiger partial charge < -0.3 is 21.5 Å². The van der Waals surface area contributed by atoms with Crippen LogP contribution in [-0.4, -0.2) is 58.8 Å². The molecular weight excluding hydrogens is 699 g/mol. The van der Waals surface area contributed by atoms with Crippen molar-refractivity contribution in [1.82, 2.24) is 10.6 Å². The standard InChI is InChI=1S/C42H44F3N3O6/c1-27(40(53)47-34(21-22-38(46)51)39(52)42(43,44)45)23-37(50)35(25-29-13-7-3-8-14-29)48-41(54)33(24-28-11-5-2-6-12-28)26-36(49)32-19-17-31(18-20-32)30-15-9-4-10-16-30/h2-20,27,33-35,39,52H,21-26H2,1H3,(H2,46,51)(H,47,53)(H,48,54)/t27-,33-,34?,35+,39?/m1/s1. The number of nitrogens with two attached hydrogens (primary N) is 1. The molecule has 0 saturated carbocycles. The monoisotopic (exact) mass is 743 g/mol. The lowest BCUT2D eigenvalue weighted by Crippen LogP contribution is -2.52. The number of Topliss-reactive ketones (excluding diaryl/α,β-unsaturated/α-hetero) is 2. The van der Waals surface area contributed by atoms with Crippen LogP contribution in [0.3, 0.4) is 0 Å². The van der Waals surface area contributed by atoms with Crippen LogP contribution in [0.5, 0.6) is 0 Å². The summed E-state index contributed by atoms with van der Waals surface area (Å²) >= 11 is 0. The second kappa shape index (κ2) is 19.5. The normalized spacial score (nSPS) is 14.2. The zero-order chi connectivity index (χ0) is 39.3. The van der Waals surface area contributed by atoms with E-state index in [1.165, 1.54) is 6.92 Å². The van der Waals surface area contributed by atoms with E-state index in [9.17, 15) is 42.3 Å². The zero-order valence-corrected chi connectivity index (χ0v) is 29.8. The van der Waals surface area contributed by atoms with Crippen LogP contribution in [0, 0.1) is 11.8 Å². The molecule has 4 aromatic carbocycles. The number of carbonyl (C=O) groups excluding carboxylic acids is 5. The van der Waals surface area contributed by atoms with Crippen molar-refractivity contribution in [2.75, 3.05) is 0 Å². The molecule has 4 aromatic rings. The third kappa shape index (κ3) is 12.5. The van der Waals surface area contributed by atoms with Gasteiger partial charge in [0.1, 0.15) is 0 Å². The number of alkyl halides is 3. The van der Waals surface area contributed by atoms with E-state index in [1.54, 1.807) is 42.5 Å². The highest BCUT2D eigenvalue weighted by Crippen LogP contribution is 2.25.